The van der Waals surface area contributed by atoms with Crippen LogP contribution in [-0.2, 0) is 0 Å². The maximum atomic E-state index is 14.5. The minimum atomic E-state index is -0.532. The molecule has 0 spiro atoms. The molecule has 0 unspecified atom stereocenters. The third-order valence-corrected chi connectivity index (χ3v) is 5.16. The van der Waals surface area contributed by atoms with Crippen molar-refractivity contribution in [1.82, 2.24) is 4.98 Å². The van der Waals surface area contributed by atoms with Crippen LogP contribution in [0.15, 0.2) is 89.7 Å². The number of anilines is 4. The first-order valence-corrected chi connectivity index (χ1v) is 10.9. The van der Waals surface area contributed by atoms with Crippen LogP contribution in [0.25, 0.3) is 10.9 Å². The van der Waals surface area contributed by atoms with Crippen molar-refractivity contribution in [2.75, 3.05) is 16.0 Å². The lowest BCUT2D eigenvalue weighted by molar-refractivity contribution is 0.102. The van der Waals surface area contributed by atoms with Gasteiger partial charge in [-0.25, -0.2) is 13.8 Å². The fourth-order valence-electron chi connectivity index (χ4n) is 3.43. The van der Waals surface area contributed by atoms with Crippen molar-refractivity contribution in [3.05, 3.63) is 102 Å². The summed E-state index contributed by atoms with van der Waals surface area (Å²) in [6.07, 6.45) is 9.72. The molecular weight excluding hydrogens is 460 g/mol. The standard InChI is InChI=1S/C28H21F2N5O/c1-3-31-14-12-18(2)33-27-11-9-22(17-24(27)30)35-28(36)19-4-7-21(8-5-19)34-26-13-15-32-25-10-6-20(29)16-23(25)26/h1,4-17,33H,2H3,(H,32,34)(H,35,36)/b18-12+,31-14-. The number of hydrogen-bond acceptors (Lipinski definition) is 5. The summed E-state index contributed by atoms with van der Waals surface area (Å²) in [5, 5.41) is 9.45. The van der Waals surface area contributed by atoms with Gasteiger partial charge in [0.1, 0.15) is 11.6 Å². The highest BCUT2D eigenvalue weighted by atomic mass is 19.1. The van der Waals surface area contributed by atoms with E-state index in [2.05, 4.69) is 32.0 Å². The highest BCUT2D eigenvalue weighted by Crippen LogP contribution is 2.26. The smallest absolute Gasteiger partial charge is 0.255 e. The van der Waals surface area contributed by atoms with Crippen LogP contribution in [0.3, 0.4) is 0 Å². The number of amides is 1. The molecule has 0 aliphatic rings. The number of carbonyl (C=O) groups excluding carboxylic acids is 1. The normalized spacial score (nSPS) is 11.3. The van der Waals surface area contributed by atoms with Gasteiger partial charge in [0.15, 0.2) is 0 Å². The second kappa shape index (κ2) is 10.9. The summed E-state index contributed by atoms with van der Waals surface area (Å²) in [4.78, 5) is 20.5. The number of allylic oxidation sites excluding steroid dienone is 2. The Morgan fingerprint density at radius 3 is 2.50 bits per heavy atom. The Kier molecular flexibility index (Phi) is 7.32. The van der Waals surface area contributed by atoms with Crippen LogP contribution in [0, 0.1) is 24.1 Å². The van der Waals surface area contributed by atoms with E-state index in [9.17, 15) is 13.6 Å². The molecule has 8 heteroatoms. The Labute approximate surface area is 206 Å². The maximum Gasteiger partial charge on any atom is 0.255 e. The monoisotopic (exact) mass is 481 g/mol. The van der Waals surface area contributed by atoms with Crippen molar-refractivity contribution in [3.8, 4) is 12.5 Å². The van der Waals surface area contributed by atoms with Crippen molar-refractivity contribution in [3.63, 3.8) is 0 Å². The molecule has 0 atom stereocenters. The molecule has 4 rings (SSSR count). The van der Waals surface area contributed by atoms with Crippen LogP contribution < -0.4 is 16.0 Å². The first kappa shape index (κ1) is 24.1. The molecule has 1 amide bonds. The van der Waals surface area contributed by atoms with E-state index in [0.717, 1.165) is 0 Å². The van der Waals surface area contributed by atoms with Gasteiger partial charge >= 0.3 is 0 Å². The van der Waals surface area contributed by atoms with Crippen molar-refractivity contribution < 1.29 is 13.6 Å². The summed E-state index contributed by atoms with van der Waals surface area (Å²) in [5.74, 6) is -1.28. The molecule has 0 radical (unpaired) electrons. The fourth-order valence-corrected chi connectivity index (χ4v) is 3.43. The minimum Gasteiger partial charge on any atom is -0.357 e. The summed E-state index contributed by atoms with van der Waals surface area (Å²) in [6, 6.07) is 19.3. The third kappa shape index (κ3) is 5.90. The van der Waals surface area contributed by atoms with Gasteiger partial charge in [-0.05, 0) is 79.7 Å². The highest BCUT2D eigenvalue weighted by Gasteiger charge is 2.10. The molecule has 0 fully saturated rings. The average Bonchev–Trinajstić information content (AvgIpc) is 2.86. The summed E-state index contributed by atoms with van der Waals surface area (Å²) >= 11 is 0. The average molecular weight is 482 g/mol. The molecule has 0 bridgehead atoms. The fraction of sp³-hybridized carbons (Fsp3) is 0.0357. The molecule has 3 N–H and O–H groups in total. The van der Waals surface area contributed by atoms with Gasteiger partial charge in [0.05, 0.1) is 11.2 Å². The zero-order chi connectivity index (χ0) is 25.5. The Morgan fingerprint density at radius 2 is 1.75 bits per heavy atom. The van der Waals surface area contributed by atoms with Crippen LogP contribution in [0.5, 0.6) is 0 Å². The number of terminal acetylenes is 1. The van der Waals surface area contributed by atoms with Gasteiger partial charge in [0.25, 0.3) is 5.91 Å². The number of aromatic nitrogens is 1. The predicted molar refractivity (Wildman–Crippen MR) is 140 cm³/mol. The number of pyridine rings is 1. The van der Waals surface area contributed by atoms with Gasteiger partial charge in [-0.2, -0.15) is 0 Å². The van der Waals surface area contributed by atoms with E-state index in [-0.39, 0.29) is 17.4 Å². The lowest BCUT2D eigenvalue weighted by atomic mass is 10.1. The van der Waals surface area contributed by atoms with E-state index in [4.69, 9.17) is 6.42 Å². The number of nitrogens with zero attached hydrogens (tertiary/aromatic N) is 2. The van der Waals surface area contributed by atoms with Gasteiger partial charge in [-0.15, -0.1) is 0 Å². The zero-order valence-corrected chi connectivity index (χ0v) is 19.2. The molecular formula is C28H21F2N5O. The SMILES string of the molecule is C#C/N=C\C=C(/C)Nc1ccc(NC(=O)c2ccc(Nc3ccnc4ccc(F)cc34)cc2)cc1F. The van der Waals surface area contributed by atoms with E-state index >= 15 is 0 Å². The molecule has 3 aromatic carbocycles. The summed E-state index contributed by atoms with van der Waals surface area (Å²) in [7, 11) is 0. The molecule has 4 aromatic rings. The van der Waals surface area contributed by atoms with Crippen molar-refractivity contribution in [2.45, 2.75) is 6.92 Å². The van der Waals surface area contributed by atoms with E-state index in [0.29, 0.717) is 39.2 Å². The van der Waals surface area contributed by atoms with E-state index in [1.165, 1.54) is 30.5 Å². The largest absolute Gasteiger partial charge is 0.357 e. The molecule has 1 aromatic heterocycles. The van der Waals surface area contributed by atoms with Crippen molar-refractivity contribution in [2.24, 2.45) is 4.99 Å². The number of aliphatic imine (C=N–C) groups is 1. The quantitative estimate of drug-likeness (QED) is 0.208. The van der Waals surface area contributed by atoms with Crippen LogP contribution in [-0.4, -0.2) is 17.1 Å². The summed E-state index contributed by atoms with van der Waals surface area (Å²) in [5.41, 5.74) is 3.65. The molecule has 0 saturated heterocycles. The zero-order valence-electron chi connectivity index (χ0n) is 19.2. The van der Waals surface area contributed by atoms with Gasteiger partial charge in [-0.1, -0.05) is 6.42 Å². The van der Waals surface area contributed by atoms with Gasteiger partial charge < -0.3 is 16.0 Å². The minimum absolute atomic E-state index is 0.245. The number of benzene rings is 3. The van der Waals surface area contributed by atoms with Crippen molar-refractivity contribution >= 4 is 45.8 Å². The number of nitrogens with one attached hydrogen (secondary N) is 3. The number of hydrogen-bond donors (Lipinski definition) is 3. The summed E-state index contributed by atoms with van der Waals surface area (Å²) in [6.45, 7) is 1.74. The topological polar surface area (TPSA) is 78.4 Å². The van der Waals surface area contributed by atoms with Gasteiger partial charge in [0.2, 0.25) is 0 Å². The van der Waals surface area contributed by atoms with Crippen LogP contribution >= 0.6 is 0 Å². The number of halogens is 2. The molecule has 178 valence electrons. The van der Waals surface area contributed by atoms with Gasteiger partial charge in [-0.3, -0.25) is 9.78 Å². The lowest BCUT2D eigenvalue weighted by Crippen LogP contribution is -2.12. The number of carbonyl (C=O) groups is 1. The van der Waals surface area contributed by atoms with E-state index < -0.39 is 5.82 Å². The molecule has 0 aliphatic heterocycles. The van der Waals surface area contributed by atoms with Crippen LogP contribution in [0.2, 0.25) is 0 Å². The Bertz CT molecular complexity index is 1520. The molecule has 36 heavy (non-hydrogen) atoms. The predicted octanol–water partition coefficient (Wildman–Crippen LogP) is 6.49. The maximum absolute atomic E-state index is 14.5. The number of fused-ring (bicyclic) bond motifs is 1. The third-order valence-electron chi connectivity index (χ3n) is 5.16. The van der Waals surface area contributed by atoms with Crippen LogP contribution in [0.1, 0.15) is 17.3 Å². The Morgan fingerprint density at radius 1 is 0.972 bits per heavy atom. The molecule has 0 aliphatic carbocycles. The van der Waals surface area contributed by atoms with Crippen molar-refractivity contribution in [1.29, 1.82) is 0 Å². The highest BCUT2D eigenvalue weighted by molar-refractivity contribution is 6.04. The molecule has 1 heterocycles. The van der Waals surface area contributed by atoms with E-state index in [1.54, 1.807) is 61.7 Å². The van der Waals surface area contributed by atoms with Crippen LogP contribution in [0.4, 0.5) is 31.5 Å². The van der Waals surface area contributed by atoms with E-state index in [1.807, 2.05) is 0 Å². The second-order valence-corrected chi connectivity index (χ2v) is 7.75. The molecule has 6 nitrogen and oxygen atoms in total. The first-order chi connectivity index (χ1) is 17.4. The molecule has 0 saturated carbocycles. The van der Waals surface area contributed by atoms with Gasteiger partial charge in [0, 0.05) is 52.2 Å². The second-order valence-electron chi connectivity index (χ2n) is 7.75. The lowest BCUT2D eigenvalue weighted by Gasteiger charge is -2.11. The first-order valence-electron chi connectivity index (χ1n) is 10.9. The Balaban J connectivity index is 1.42. The Hall–Kier alpha value is -5.03. The number of rotatable bonds is 7. The summed E-state index contributed by atoms with van der Waals surface area (Å²) < 4.78 is 28.2.